The van der Waals surface area contributed by atoms with Gasteiger partial charge in [0, 0.05) is 16.8 Å². The minimum atomic E-state index is -5.26. The first-order valence-electron chi connectivity index (χ1n) is 7.65. The van der Waals surface area contributed by atoms with Gasteiger partial charge < -0.3 is 0 Å². The Morgan fingerprint density at radius 1 is 1.00 bits per heavy atom. The van der Waals surface area contributed by atoms with Crippen LogP contribution in [0.5, 0.6) is 0 Å². The van der Waals surface area contributed by atoms with Crippen LogP contribution < -0.4 is 11.0 Å². The van der Waals surface area contributed by atoms with Crippen LogP contribution in [0.3, 0.4) is 0 Å². The lowest BCUT2D eigenvalue weighted by atomic mass is 10.1. The molecule has 1 amide bonds. The molecule has 3 aromatic rings. The molecule has 29 heavy (non-hydrogen) atoms. The Kier molecular flexibility index (Phi) is 5.03. The third kappa shape index (κ3) is 4.19. The molecule has 0 aliphatic carbocycles. The van der Waals surface area contributed by atoms with E-state index in [1.165, 1.54) is 24.3 Å². The fraction of sp³-hybridized carbons (Fsp3) is 0.118. The molecule has 0 fully saturated rings. The number of fused-ring (bicyclic) bond motifs is 1. The van der Waals surface area contributed by atoms with Gasteiger partial charge in [0.15, 0.2) is 0 Å². The van der Waals surface area contributed by atoms with Crippen molar-refractivity contribution in [3.63, 3.8) is 0 Å². The molecule has 0 unspecified atom stereocenters. The number of carbonyl (C=O) groups is 1. The maximum atomic E-state index is 13.3. The van der Waals surface area contributed by atoms with Crippen LogP contribution in [0.4, 0.5) is 26.3 Å². The Hall–Kier alpha value is -3.08. The Morgan fingerprint density at radius 3 is 2.17 bits per heavy atom. The average molecular weight is 436 g/mol. The van der Waals surface area contributed by atoms with Crippen molar-refractivity contribution in [2.45, 2.75) is 12.4 Å². The number of carbonyl (C=O) groups excluding carboxylic acids is 1. The number of benzene rings is 1. The molecule has 0 saturated carbocycles. The normalized spacial score (nSPS) is 12.2. The van der Waals surface area contributed by atoms with Crippen LogP contribution in [-0.2, 0) is 12.4 Å². The predicted octanol–water partition coefficient (Wildman–Crippen LogP) is 4.47. The van der Waals surface area contributed by atoms with E-state index in [1.807, 2.05) is 0 Å². The lowest BCUT2D eigenvalue weighted by Gasteiger charge is -2.15. The molecule has 3 rings (SSSR count). The molecule has 0 aliphatic heterocycles. The van der Waals surface area contributed by atoms with Gasteiger partial charge in [0.25, 0.3) is 11.5 Å². The van der Waals surface area contributed by atoms with Gasteiger partial charge >= 0.3 is 12.4 Å². The molecule has 2 aromatic heterocycles. The number of alkyl halides is 6. The van der Waals surface area contributed by atoms with Gasteiger partial charge in [0.2, 0.25) is 0 Å². The maximum Gasteiger partial charge on any atom is 0.433 e. The molecular weight excluding hydrogens is 428 g/mol. The molecule has 0 radical (unpaired) electrons. The summed E-state index contributed by atoms with van der Waals surface area (Å²) < 4.78 is 79.0. The molecule has 0 bridgehead atoms. The lowest BCUT2D eigenvalue weighted by molar-refractivity contribution is -0.144. The number of rotatable bonds is 2. The van der Waals surface area contributed by atoms with Gasteiger partial charge in [0.05, 0.1) is 16.5 Å². The third-order valence-corrected chi connectivity index (χ3v) is 4.04. The van der Waals surface area contributed by atoms with Crippen LogP contribution >= 0.6 is 11.6 Å². The molecule has 5 nitrogen and oxygen atoms in total. The Morgan fingerprint density at radius 2 is 1.62 bits per heavy atom. The van der Waals surface area contributed by atoms with Crippen LogP contribution in [-0.4, -0.2) is 15.6 Å². The molecule has 0 aliphatic rings. The second-order valence-corrected chi connectivity index (χ2v) is 6.19. The van der Waals surface area contributed by atoms with Gasteiger partial charge in [-0.2, -0.15) is 26.3 Å². The van der Waals surface area contributed by atoms with Crippen molar-refractivity contribution in [3.8, 4) is 0 Å². The van der Waals surface area contributed by atoms with Crippen molar-refractivity contribution in [3.05, 3.63) is 74.8 Å². The first-order chi connectivity index (χ1) is 13.4. The Labute approximate surface area is 162 Å². The molecule has 0 saturated heterocycles. The number of halogens is 7. The second-order valence-electron chi connectivity index (χ2n) is 5.75. The van der Waals surface area contributed by atoms with E-state index in [4.69, 9.17) is 11.6 Å². The maximum absolute atomic E-state index is 13.3. The van der Waals surface area contributed by atoms with Crippen molar-refractivity contribution in [1.82, 2.24) is 9.66 Å². The summed E-state index contributed by atoms with van der Waals surface area (Å²) in [6.07, 6.45) is -9.60. The summed E-state index contributed by atoms with van der Waals surface area (Å²) in [4.78, 5) is 27.8. The summed E-state index contributed by atoms with van der Waals surface area (Å²) in [5, 5.41) is -0.782. The van der Waals surface area contributed by atoms with E-state index in [2.05, 4.69) is 10.4 Å². The monoisotopic (exact) mass is 435 g/mol. The summed E-state index contributed by atoms with van der Waals surface area (Å²) in [5.74, 6) is -0.850. The van der Waals surface area contributed by atoms with Crippen LogP contribution in [0.15, 0.2) is 47.4 Å². The predicted molar refractivity (Wildman–Crippen MR) is 91.2 cm³/mol. The SMILES string of the molecule is O=C(Nn1ccc2nc(C(F)(F)F)cc(C(F)(F)F)c2c1=O)c1ccc(Cl)cc1. The number of nitrogens with one attached hydrogen (secondary N) is 1. The van der Waals surface area contributed by atoms with Crippen LogP contribution in [0.2, 0.25) is 5.02 Å². The van der Waals surface area contributed by atoms with Crippen LogP contribution in [0.25, 0.3) is 10.9 Å². The highest BCUT2D eigenvalue weighted by molar-refractivity contribution is 6.30. The number of aromatic nitrogens is 2. The molecule has 0 atom stereocenters. The quantitative estimate of drug-likeness (QED) is 0.604. The largest absolute Gasteiger partial charge is 0.433 e. The first-order valence-corrected chi connectivity index (χ1v) is 8.03. The molecule has 1 aromatic carbocycles. The minimum absolute atomic E-state index is 0.0444. The van der Waals surface area contributed by atoms with E-state index in [-0.39, 0.29) is 11.6 Å². The van der Waals surface area contributed by atoms with Crippen molar-refractivity contribution in [1.29, 1.82) is 0 Å². The average Bonchev–Trinajstić information content (AvgIpc) is 2.62. The highest BCUT2D eigenvalue weighted by atomic mass is 35.5. The van der Waals surface area contributed by atoms with E-state index in [0.29, 0.717) is 9.70 Å². The first kappa shape index (κ1) is 20.6. The number of pyridine rings is 2. The van der Waals surface area contributed by atoms with Crippen molar-refractivity contribution >= 4 is 28.4 Å². The smallest absolute Gasteiger partial charge is 0.267 e. The summed E-state index contributed by atoms with van der Waals surface area (Å²) in [7, 11) is 0. The molecule has 12 heteroatoms. The zero-order valence-electron chi connectivity index (χ0n) is 13.9. The highest BCUT2D eigenvalue weighted by Gasteiger charge is 2.40. The fourth-order valence-corrected chi connectivity index (χ4v) is 2.60. The fourth-order valence-electron chi connectivity index (χ4n) is 2.48. The molecule has 2 heterocycles. The van der Waals surface area contributed by atoms with Gasteiger partial charge in [-0.3, -0.25) is 15.0 Å². The summed E-state index contributed by atoms with van der Waals surface area (Å²) in [6, 6.07) is 5.90. The van der Waals surface area contributed by atoms with Crippen molar-refractivity contribution in [2.24, 2.45) is 0 Å². The van der Waals surface area contributed by atoms with E-state index in [0.717, 1.165) is 12.3 Å². The van der Waals surface area contributed by atoms with Gasteiger partial charge in [-0.05, 0) is 36.4 Å². The lowest BCUT2D eigenvalue weighted by Crippen LogP contribution is -2.33. The number of hydrogen-bond acceptors (Lipinski definition) is 3. The molecule has 1 N–H and O–H groups in total. The van der Waals surface area contributed by atoms with E-state index >= 15 is 0 Å². The van der Waals surface area contributed by atoms with Crippen LogP contribution in [0, 0.1) is 0 Å². The Bertz CT molecular complexity index is 1150. The molecule has 152 valence electrons. The highest BCUT2D eigenvalue weighted by Crippen LogP contribution is 2.37. The third-order valence-electron chi connectivity index (χ3n) is 3.79. The summed E-state index contributed by atoms with van der Waals surface area (Å²) >= 11 is 5.69. The molecule has 0 spiro atoms. The number of amides is 1. The Balaban J connectivity index is 2.14. The zero-order chi connectivity index (χ0) is 21.6. The standard InChI is InChI=1S/C17H8ClF6N3O2/c18-9-3-1-8(2-4-9)14(28)26-27-6-5-11-13(15(27)29)10(16(19,20)21)7-12(25-11)17(22,23)24/h1-7H,(H,26,28). The van der Waals surface area contributed by atoms with Gasteiger partial charge in [0.1, 0.15) is 5.69 Å². The van der Waals surface area contributed by atoms with E-state index < -0.39 is 46.0 Å². The second kappa shape index (κ2) is 7.07. The van der Waals surface area contributed by atoms with Gasteiger partial charge in [-0.1, -0.05) is 11.6 Å². The van der Waals surface area contributed by atoms with Gasteiger partial charge in [-0.25, -0.2) is 9.66 Å². The number of nitrogens with zero attached hydrogens (tertiary/aromatic N) is 2. The zero-order valence-corrected chi connectivity index (χ0v) is 14.7. The van der Waals surface area contributed by atoms with Crippen molar-refractivity contribution < 1.29 is 31.1 Å². The van der Waals surface area contributed by atoms with E-state index in [1.54, 1.807) is 0 Å². The number of hydrogen-bond donors (Lipinski definition) is 1. The minimum Gasteiger partial charge on any atom is -0.267 e. The summed E-state index contributed by atoms with van der Waals surface area (Å²) in [6.45, 7) is 0. The van der Waals surface area contributed by atoms with Gasteiger partial charge in [-0.15, -0.1) is 0 Å². The van der Waals surface area contributed by atoms with Crippen LogP contribution in [0.1, 0.15) is 21.6 Å². The van der Waals surface area contributed by atoms with Crippen molar-refractivity contribution in [2.75, 3.05) is 5.43 Å². The molecular formula is C17H8ClF6N3O2. The summed E-state index contributed by atoms with van der Waals surface area (Å²) in [5.41, 5.74) is -3.69. The van der Waals surface area contributed by atoms with E-state index in [9.17, 15) is 35.9 Å². The topological polar surface area (TPSA) is 64.0 Å².